The lowest BCUT2D eigenvalue weighted by atomic mass is 10.3. The first-order valence-electron chi connectivity index (χ1n) is 5.28. The number of nitrogens with one attached hydrogen (secondary N) is 1. The fourth-order valence-corrected chi connectivity index (χ4v) is 3.54. The van der Waals surface area contributed by atoms with Crippen LogP contribution in [0.25, 0.3) is 0 Å². The highest BCUT2D eigenvalue weighted by Crippen LogP contribution is 2.18. The Kier molecular flexibility index (Phi) is 5.40. The van der Waals surface area contributed by atoms with Gasteiger partial charge in [0, 0.05) is 4.88 Å². The highest BCUT2D eigenvalue weighted by molar-refractivity contribution is 7.89. The van der Waals surface area contributed by atoms with Gasteiger partial charge in [0.05, 0.1) is 11.8 Å². The van der Waals surface area contributed by atoms with E-state index in [0.717, 1.165) is 11.3 Å². The second-order valence-corrected chi connectivity index (χ2v) is 6.52. The molecule has 0 amide bonds. The van der Waals surface area contributed by atoms with Gasteiger partial charge in [-0.25, -0.2) is 13.1 Å². The van der Waals surface area contributed by atoms with E-state index < -0.39 is 10.0 Å². The Hall–Kier alpha value is -0.430. The van der Waals surface area contributed by atoms with Crippen molar-refractivity contribution in [1.82, 2.24) is 4.72 Å². The summed E-state index contributed by atoms with van der Waals surface area (Å²) >= 11 is 1.55. The number of nitrogens with two attached hydrogens (primary N) is 1. The van der Waals surface area contributed by atoms with Crippen LogP contribution in [0.2, 0.25) is 0 Å². The predicted octanol–water partition coefficient (Wildman–Crippen LogP) is 1.47. The molecule has 0 aliphatic carbocycles. The van der Waals surface area contributed by atoms with Crippen LogP contribution < -0.4 is 10.5 Å². The lowest BCUT2D eigenvalue weighted by Crippen LogP contribution is -2.28. The van der Waals surface area contributed by atoms with Crippen molar-refractivity contribution in [2.24, 2.45) is 5.73 Å². The second-order valence-electron chi connectivity index (χ2n) is 3.67. The van der Waals surface area contributed by atoms with E-state index >= 15 is 0 Å². The molecule has 16 heavy (non-hydrogen) atoms. The van der Waals surface area contributed by atoms with Crippen LogP contribution >= 0.6 is 11.3 Å². The van der Waals surface area contributed by atoms with E-state index in [1.54, 1.807) is 11.3 Å². The monoisotopic (exact) mass is 262 g/mol. The van der Waals surface area contributed by atoms with Gasteiger partial charge >= 0.3 is 0 Å². The van der Waals surface area contributed by atoms with Crippen molar-refractivity contribution in [3.05, 3.63) is 22.4 Å². The Morgan fingerprint density at radius 2 is 2.25 bits per heavy atom. The van der Waals surface area contributed by atoms with Crippen LogP contribution in [-0.4, -0.2) is 20.7 Å². The summed E-state index contributed by atoms with van der Waals surface area (Å²) in [4.78, 5) is 1.03. The largest absolute Gasteiger partial charge is 0.330 e. The minimum Gasteiger partial charge on any atom is -0.330 e. The molecule has 0 aliphatic heterocycles. The number of hydrogen-bond donors (Lipinski definition) is 2. The zero-order chi connectivity index (χ0) is 12.0. The van der Waals surface area contributed by atoms with E-state index in [9.17, 15) is 8.42 Å². The molecule has 92 valence electrons. The van der Waals surface area contributed by atoms with Crippen LogP contribution in [0.4, 0.5) is 0 Å². The molecule has 1 rings (SSSR count). The molecule has 1 unspecified atom stereocenters. The molecule has 4 nitrogen and oxygen atoms in total. The van der Waals surface area contributed by atoms with E-state index in [1.807, 2.05) is 24.4 Å². The average Bonchev–Trinajstić information content (AvgIpc) is 2.69. The van der Waals surface area contributed by atoms with Crippen LogP contribution in [-0.2, 0) is 10.0 Å². The molecule has 0 fully saturated rings. The Morgan fingerprint density at radius 1 is 1.50 bits per heavy atom. The summed E-state index contributed by atoms with van der Waals surface area (Å²) in [6, 6.07) is 3.69. The Morgan fingerprint density at radius 3 is 2.81 bits per heavy atom. The summed E-state index contributed by atoms with van der Waals surface area (Å²) in [6.07, 6.45) is 1.36. The van der Waals surface area contributed by atoms with Gasteiger partial charge in [0.1, 0.15) is 0 Å². The molecule has 1 aromatic rings. The van der Waals surface area contributed by atoms with Crippen LogP contribution in [0.5, 0.6) is 0 Å². The van der Waals surface area contributed by atoms with Crippen molar-refractivity contribution >= 4 is 21.4 Å². The molecule has 0 aromatic carbocycles. The van der Waals surface area contributed by atoms with Crippen molar-refractivity contribution in [2.45, 2.75) is 25.8 Å². The zero-order valence-electron chi connectivity index (χ0n) is 9.35. The normalized spacial score (nSPS) is 13.9. The summed E-state index contributed by atoms with van der Waals surface area (Å²) in [5.74, 6) is 0.153. The highest BCUT2D eigenvalue weighted by Gasteiger charge is 2.15. The van der Waals surface area contributed by atoms with Crippen LogP contribution in [0.1, 0.15) is 30.7 Å². The van der Waals surface area contributed by atoms with E-state index in [0.29, 0.717) is 13.0 Å². The lowest BCUT2D eigenvalue weighted by molar-refractivity contribution is 0.564. The third-order valence-electron chi connectivity index (χ3n) is 2.19. The first-order chi connectivity index (χ1) is 7.55. The third kappa shape index (κ3) is 4.61. The van der Waals surface area contributed by atoms with Gasteiger partial charge in [0.15, 0.2) is 0 Å². The molecule has 1 atom stereocenters. The minimum atomic E-state index is -3.18. The lowest BCUT2D eigenvalue weighted by Gasteiger charge is -2.12. The highest BCUT2D eigenvalue weighted by atomic mass is 32.2. The number of hydrogen-bond acceptors (Lipinski definition) is 4. The first-order valence-corrected chi connectivity index (χ1v) is 7.82. The van der Waals surface area contributed by atoms with E-state index in [-0.39, 0.29) is 11.8 Å². The Balaban J connectivity index is 2.46. The summed E-state index contributed by atoms with van der Waals surface area (Å²) in [5.41, 5.74) is 5.32. The first kappa shape index (κ1) is 13.6. The molecule has 1 heterocycles. The van der Waals surface area contributed by atoms with Crippen molar-refractivity contribution in [3.8, 4) is 0 Å². The fourth-order valence-electron chi connectivity index (χ4n) is 1.36. The van der Waals surface area contributed by atoms with Crippen molar-refractivity contribution in [3.63, 3.8) is 0 Å². The average molecular weight is 262 g/mol. The standard InChI is InChI=1S/C10H18N2O2S2/c1-9(10-5-4-7-15-10)12-16(13,14)8-3-2-6-11/h4-5,7,9,12H,2-3,6,8,11H2,1H3. The number of rotatable bonds is 7. The molecule has 0 radical (unpaired) electrons. The molecule has 0 bridgehead atoms. The zero-order valence-corrected chi connectivity index (χ0v) is 11.0. The van der Waals surface area contributed by atoms with Gasteiger partial charge in [0.25, 0.3) is 0 Å². The number of unbranched alkanes of at least 4 members (excludes halogenated alkanes) is 1. The van der Waals surface area contributed by atoms with Crippen LogP contribution in [0.15, 0.2) is 17.5 Å². The van der Waals surface area contributed by atoms with Gasteiger partial charge in [-0.15, -0.1) is 11.3 Å². The molecule has 6 heteroatoms. The van der Waals surface area contributed by atoms with Gasteiger partial charge in [-0.1, -0.05) is 6.07 Å². The maximum absolute atomic E-state index is 11.7. The minimum absolute atomic E-state index is 0.150. The van der Waals surface area contributed by atoms with E-state index in [2.05, 4.69) is 4.72 Å². The molecule has 3 N–H and O–H groups in total. The summed E-state index contributed by atoms with van der Waals surface area (Å²) in [5, 5.41) is 1.94. The molecule has 0 aliphatic rings. The summed E-state index contributed by atoms with van der Waals surface area (Å²) < 4.78 is 26.0. The van der Waals surface area contributed by atoms with Gasteiger partial charge < -0.3 is 5.73 Å². The van der Waals surface area contributed by atoms with Crippen molar-refractivity contribution in [2.75, 3.05) is 12.3 Å². The summed E-state index contributed by atoms with van der Waals surface area (Å²) in [7, 11) is -3.18. The maximum atomic E-state index is 11.7. The van der Waals surface area contributed by atoms with Gasteiger partial charge in [-0.05, 0) is 37.8 Å². The maximum Gasteiger partial charge on any atom is 0.212 e. The molecular weight excluding hydrogens is 244 g/mol. The molecule has 1 aromatic heterocycles. The van der Waals surface area contributed by atoms with E-state index in [4.69, 9.17) is 5.73 Å². The SMILES string of the molecule is CC(NS(=O)(=O)CCCCN)c1cccs1. The van der Waals surface area contributed by atoms with E-state index in [1.165, 1.54) is 0 Å². The fraction of sp³-hybridized carbons (Fsp3) is 0.600. The van der Waals surface area contributed by atoms with Gasteiger partial charge in [-0.3, -0.25) is 0 Å². The van der Waals surface area contributed by atoms with Crippen LogP contribution in [0, 0.1) is 0 Å². The van der Waals surface area contributed by atoms with Gasteiger partial charge in [0.2, 0.25) is 10.0 Å². The predicted molar refractivity (Wildman–Crippen MR) is 67.9 cm³/mol. The molecular formula is C10H18N2O2S2. The second kappa shape index (κ2) is 6.34. The Labute approximate surface area is 101 Å². The number of thiophene rings is 1. The number of sulfonamides is 1. The van der Waals surface area contributed by atoms with Crippen molar-refractivity contribution < 1.29 is 8.42 Å². The topological polar surface area (TPSA) is 72.2 Å². The Bertz CT molecular complexity index is 387. The molecule has 0 saturated heterocycles. The van der Waals surface area contributed by atoms with Crippen molar-refractivity contribution in [1.29, 1.82) is 0 Å². The summed E-state index contributed by atoms with van der Waals surface area (Å²) in [6.45, 7) is 2.39. The van der Waals surface area contributed by atoms with Gasteiger partial charge in [-0.2, -0.15) is 0 Å². The third-order valence-corrected chi connectivity index (χ3v) is 4.79. The van der Waals surface area contributed by atoms with Crippen LogP contribution in [0.3, 0.4) is 0 Å². The molecule has 0 saturated carbocycles. The quantitative estimate of drug-likeness (QED) is 0.731. The molecule has 0 spiro atoms. The smallest absolute Gasteiger partial charge is 0.212 e.